The minimum atomic E-state index is -0.303. The molecular weight excluding hydrogens is 158 g/mol. The van der Waals surface area contributed by atoms with Crippen LogP contribution in [0, 0.1) is 0 Å². The minimum absolute atomic E-state index is 0.0658. The number of nitrogens with zero attached hydrogens (tertiary/aromatic N) is 1. The van der Waals surface area contributed by atoms with Crippen LogP contribution in [-0.4, -0.2) is 60.2 Å². The average Bonchev–Trinajstić information content (AvgIpc) is 2.03. The van der Waals surface area contributed by atoms with E-state index in [0.29, 0.717) is 13.2 Å². The van der Waals surface area contributed by atoms with Crippen molar-refractivity contribution in [2.24, 2.45) is 0 Å². The predicted molar refractivity (Wildman–Crippen MR) is 44.9 cm³/mol. The summed E-state index contributed by atoms with van der Waals surface area (Å²) in [6.07, 6.45) is -0.375. The maximum Gasteiger partial charge on any atom is 0.0932 e. The van der Waals surface area contributed by atoms with Crippen molar-refractivity contribution in [3.8, 4) is 0 Å². The van der Waals surface area contributed by atoms with Gasteiger partial charge in [-0.15, -0.1) is 0 Å². The molecule has 0 aromatic rings. The van der Waals surface area contributed by atoms with Crippen molar-refractivity contribution >= 4 is 0 Å². The second kappa shape index (κ2) is 4.77. The van der Waals surface area contributed by atoms with E-state index in [0.717, 1.165) is 13.1 Å². The molecule has 0 spiro atoms. The Kier molecular flexibility index (Phi) is 3.94. The number of rotatable bonds is 3. The molecule has 0 bridgehead atoms. The van der Waals surface area contributed by atoms with E-state index in [1.807, 2.05) is 0 Å². The number of hydrogen-bond donors (Lipinski definition) is 2. The third-order valence-corrected chi connectivity index (χ3v) is 1.95. The van der Waals surface area contributed by atoms with Gasteiger partial charge >= 0.3 is 0 Å². The number of hydrogen-bond acceptors (Lipinski definition) is 4. The van der Waals surface area contributed by atoms with Crippen LogP contribution in [0.25, 0.3) is 0 Å². The molecule has 2 N–H and O–H groups in total. The van der Waals surface area contributed by atoms with Crippen LogP contribution in [0.2, 0.25) is 0 Å². The first-order chi connectivity index (χ1) is 5.72. The fraction of sp³-hybridized carbons (Fsp3) is 1.00. The number of β-amino-alcohol motifs (C(OH)–C–C–N with tert-alkyl or cyclic N) is 1. The summed E-state index contributed by atoms with van der Waals surface area (Å²) in [7, 11) is 0. The number of morpholine rings is 1. The molecule has 0 aliphatic carbocycles. The number of aliphatic hydroxyl groups is 2. The van der Waals surface area contributed by atoms with Gasteiger partial charge in [0.2, 0.25) is 0 Å². The number of aliphatic hydroxyl groups excluding tert-OH is 2. The highest BCUT2D eigenvalue weighted by Gasteiger charge is 2.19. The monoisotopic (exact) mass is 175 g/mol. The summed E-state index contributed by atoms with van der Waals surface area (Å²) >= 11 is 0. The first-order valence-electron chi connectivity index (χ1n) is 4.35. The molecule has 1 rings (SSSR count). The van der Waals surface area contributed by atoms with Crippen LogP contribution < -0.4 is 0 Å². The lowest BCUT2D eigenvalue weighted by molar-refractivity contribution is -0.0603. The highest BCUT2D eigenvalue weighted by Crippen LogP contribution is 2.04. The topological polar surface area (TPSA) is 52.9 Å². The Morgan fingerprint density at radius 3 is 3.00 bits per heavy atom. The third-order valence-electron chi connectivity index (χ3n) is 1.95. The van der Waals surface area contributed by atoms with Gasteiger partial charge in [0.05, 0.1) is 25.4 Å². The maximum atomic E-state index is 9.12. The van der Waals surface area contributed by atoms with Gasteiger partial charge in [0.15, 0.2) is 0 Å². The second-order valence-corrected chi connectivity index (χ2v) is 3.28. The van der Waals surface area contributed by atoms with E-state index >= 15 is 0 Å². The van der Waals surface area contributed by atoms with Crippen LogP contribution in [0.4, 0.5) is 0 Å². The van der Waals surface area contributed by atoms with Crippen LogP contribution in [-0.2, 0) is 4.74 Å². The standard InChI is InChI=1S/C8H17NO3/c1-7(11)4-9-2-3-12-8(5-9)6-10/h7-8,10-11H,2-6H2,1H3. The summed E-state index contributed by atoms with van der Waals surface area (Å²) in [4.78, 5) is 2.11. The Morgan fingerprint density at radius 1 is 1.67 bits per heavy atom. The first kappa shape index (κ1) is 9.92. The second-order valence-electron chi connectivity index (χ2n) is 3.28. The van der Waals surface area contributed by atoms with Crippen LogP contribution in [0.5, 0.6) is 0 Å². The Morgan fingerprint density at radius 2 is 2.42 bits per heavy atom. The van der Waals surface area contributed by atoms with E-state index in [1.54, 1.807) is 6.92 Å². The summed E-state index contributed by atoms with van der Waals surface area (Å²) in [5, 5.41) is 17.9. The lowest BCUT2D eigenvalue weighted by Crippen LogP contribution is -2.46. The van der Waals surface area contributed by atoms with Crippen LogP contribution in [0.1, 0.15) is 6.92 Å². The zero-order chi connectivity index (χ0) is 8.97. The molecule has 1 aliphatic heterocycles. The van der Waals surface area contributed by atoms with Gasteiger partial charge in [-0.05, 0) is 6.92 Å². The van der Waals surface area contributed by atoms with Crippen LogP contribution in [0.3, 0.4) is 0 Å². The third kappa shape index (κ3) is 3.06. The Hall–Kier alpha value is -0.160. The van der Waals surface area contributed by atoms with Crippen molar-refractivity contribution in [2.45, 2.75) is 19.1 Å². The molecule has 1 heterocycles. The van der Waals surface area contributed by atoms with Crippen molar-refractivity contribution < 1.29 is 14.9 Å². The van der Waals surface area contributed by atoms with Crippen molar-refractivity contribution in [2.75, 3.05) is 32.8 Å². The van der Waals surface area contributed by atoms with E-state index in [2.05, 4.69) is 4.90 Å². The molecule has 12 heavy (non-hydrogen) atoms. The molecule has 0 saturated carbocycles. The summed E-state index contributed by atoms with van der Waals surface area (Å²) in [5.74, 6) is 0. The molecule has 1 fully saturated rings. The molecule has 4 heteroatoms. The first-order valence-corrected chi connectivity index (χ1v) is 4.35. The fourth-order valence-corrected chi connectivity index (χ4v) is 1.43. The largest absolute Gasteiger partial charge is 0.394 e. The molecule has 1 aliphatic rings. The van der Waals surface area contributed by atoms with E-state index in [1.165, 1.54) is 0 Å². The van der Waals surface area contributed by atoms with Crippen LogP contribution in [0.15, 0.2) is 0 Å². The van der Waals surface area contributed by atoms with Crippen molar-refractivity contribution in [3.63, 3.8) is 0 Å². The highest BCUT2D eigenvalue weighted by molar-refractivity contribution is 4.71. The molecule has 0 radical (unpaired) electrons. The lowest BCUT2D eigenvalue weighted by atomic mass is 10.2. The van der Waals surface area contributed by atoms with E-state index in [-0.39, 0.29) is 18.8 Å². The van der Waals surface area contributed by atoms with Crippen molar-refractivity contribution in [3.05, 3.63) is 0 Å². The molecule has 72 valence electrons. The van der Waals surface area contributed by atoms with Crippen molar-refractivity contribution in [1.82, 2.24) is 4.90 Å². The van der Waals surface area contributed by atoms with Gasteiger partial charge in [0.1, 0.15) is 0 Å². The Balaban J connectivity index is 2.25. The van der Waals surface area contributed by atoms with Gasteiger partial charge in [-0.3, -0.25) is 4.90 Å². The summed E-state index contributed by atoms with van der Waals surface area (Å²) in [5.41, 5.74) is 0. The van der Waals surface area contributed by atoms with Gasteiger partial charge in [0.25, 0.3) is 0 Å². The molecule has 4 nitrogen and oxygen atoms in total. The summed E-state index contributed by atoms with van der Waals surface area (Å²) in [6.45, 7) is 4.72. The molecule has 0 amide bonds. The Labute approximate surface area is 72.7 Å². The van der Waals surface area contributed by atoms with E-state index in [9.17, 15) is 0 Å². The van der Waals surface area contributed by atoms with Gasteiger partial charge < -0.3 is 14.9 Å². The van der Waals surface area contributed by atoms with Gasteiger partial charge in [-0.25, -0.2) is 0 Å². The maximum absolute atomic E-state index is 9.12. The molecular formula is C8H17NO3. The van der Waals surface area contributed by atoms with Crippen LogP contribution >= 0.6 is 0 Å². The van der Waals surface area contributed by atoms with E-state index in [4.69, 9.17) is 14.9 Å². The normalized spacial score (nSPS) is 28.8. The summed E-state index contributed by atoms with van der Waals surface area (Å²) in [6, 6.07) is 0. The zero-order valence-corrected chi connectivity index (χ0v) is 7.44. The van der Waals surface area contributed by atoms with Gasteiger partial charge in [-0.1, -0.05) is 0 Å². The van der Waals surface area contributed by atoms with Gasteiger partial charge in [0, 0.05) is 19.6 Å². The van der Waals surface area contributed by atoms with Gasteiger partial charge in [-0.2, -0.15) is 0 Å². The smallest absolute Gasteiger partial charge is 0.0932 e. The average molecular weight is 175 g/mol. The Bertz CT molecular complexity index is 129. The lowest BCUT2D eigenvalue weighted by Gasteiger charge is -2.32. The minimum Gasteiger partial charge on any atom is -0.394 e. The molecule has 0 aromatic heterocycles. The highest BCUT2D eigenvalue weighted by atomic mass is 16.5. The SMILES string of the molecule is CC(O)CN1CCOC(CO)C1. The zero-order valence-electron chi connectivity index (χ0n) is 7.44. The molecule has 0 aromatic carbocycles. The summed E-state index contributed by atoms with van der Waals surface area (Å²) < 4.78 is 5.27. The molecule has 2 unspecified atom stereocenters. The van der Waals surface area contributed by atoms with E-state index < -0.39 is 0 Å². The number of ether oxygens (including phenoxy) is 1. The fourth-order valence-electron chi connectivity index (χ4n) is 1.43. The quantitative estimate of drug-likeness (QED) is 0.581. The van der Waals surface area contributed by atoms with Crippen molar-refractivity contribution in [1.29, 1.82) is 0 Å². The predicted octanol–water partition coefficient (Wildman–Crippen LogP) is -0.940. The molecule has 1 saturated heterocycles. The molecule has 2 atom stereocenters.